The molecule has 5 nitrogen and oxygen atoms in total. The maximum Gasteiger partial charge on any atom is 0.242 e. The summed E-state index contributed by atoms with van der Waals surface area (Å²) in [5, 5.41) is 10.3. The molecule has 2 aromatic rings. The fourth-order valence-electron chi connectivity index (χ4n) is 3.06. The third-order valence-electron chi connectivity index (χ3n) is 4.36. The Hall–Kier alpha value is -2.14. The number of aromatic nitrogens is 2. The summed E-state index contributed by atoms with van der Waals surface area (Å²) in [4.78, 5) is 12.4. The lowest BCUT2D eigenvalue weighted by Crippen LogP contribution is -2.47. The first-order chi connectivity index (χ1) is 10.7. The van der Waals surface area contributed by atoms with E-state index in [0.717, 1.165) is 18.4 Å². The Kier molecular flexibility index (Phi) is 4.24. The van der Waals surface area contributed by atoms with Crippen LogP contribution in [0.4, 0.5) is 0 Å². The monoisotopic (exact) mass is 298 g/mol. The molecular formula is C17H22N4O. The molecule has 0 saturated heterocycles. The Morgan fingerprint density at radius 2 is 2.05 bits per heavy atom. The fraction of sp³-hybridized carbons (Fsp3) is 0.412. The number of hydrogen-bond acceptors (Lipinski definition) is 3. The zero-order chi connectivity index (χ0) is 15.5. The molecule has 1 aliphatic rings. The van der Waals surface area contributed by atoms with Crippen molar-refractivity contribution >= 4 is 5.91 Å². The molecule has 1 saturated carbocycles. The van der Waals surface area contributed by atoms with Crippen LogP contribution in [-0.2, 0) is 11.8 Å². The predicted molar refractivity (Wildman–Crippen MR) is 85.4 cm³/mol. The number of carbonyl (C=O) groups is 1. The van der Waals surface area contributed by atoms with Gasteiger partial charge in [-0.05, 0) is 31.4 Å². The quantitative estimate of drug-likeness (QED) is 0.884. The van der Waals surface area contributed by atoms with Gasteiger partial charge in [-0.25, -0.2) is 0 Å². The molecule has 1 unspecified atom stereocenters. The molecule has 22 heavy (non-hydrogen) atoms. The van der Waals surface area contributed by atoms with Crippen molar-refractivity contribution in [3.63, 3.8) is 0 Å². The molecule has 2 N–H and O–H groups in total. The van der Waals surface area contributed by atoms with Gasteiger partial charge in [-0.2, -0.15) is 5.10 Å². The molecule has 1 aromatic carbocycles. The van der Waals surface area contributed by atoms with Crippen LogP contribution in [0.2, 0.25) is 0 Å². The van der Waals surface area contributed by atoms with Gasteiger partial charge in [-0.3, -0.25) is 9.48 Å². The van der Waals surface area contributed by atoms with Crippen molar-refractivity contribution in [1.82, 2.24) is 20.4 Å². The van der Waals surface area contributed by atoms with E-state index in [2.05, 4.69) is 40.0 Å². The number of amides is 1. The lowest BCUT2D eigenvalue weighted by molar-refractivity contribution is -0.124. The SMILES string of the molecule is CNC(C(=O)NC1CC(c2ccccc2)C1)c1cnn(C)c1. The molecule has 1 aromatic heterocycles. The largest absolute Gasteiger partial charge is 0.352 e. The van der Waals surface area contributed by atoms with Crippen LogP contribution in [0.25, 0.3) is 0 Å². The highest BCUT2D eigenvalue weighted by atomic mass is 16.2. The molecule has 3 rings (SSSR count). The van der Waals surface area contributed by atoms with Gasteiger partial charge in [0, 0.05) is 24.8 Å². The average Bonchev–Trinajstić information content (AvgIpc) is 2.90. The Bertz CT molecular complexity index is 631. The molecule has 0 spiro atoms. The minimum absolute atomic E-state index is 0.0204. The fourth-order valence-corrected chi connectivity index (χ4v) is 3.06. The highest BCUT2D eigenvalue weighted by molar-refractivity contribution is 5.83. The Labute approximate surface area is 130 Å². The second-order valence-electron chi connectivity index (χ2n) is 5.95. The van der Waals surface area contributed by atoms with Gasteiger partial charge in [-0.1, -0.05) is 30.3 Å². The van der Waals surface area contributed by atoms with E-state index < -0.39 is 0 Å². The minimum Gasteiger partial charge on any atom is -0.352 e. The highest BCUT2D eigenvalue weighted by Gasteiger charge is 2.33. The van der Waals surface area contributed by atoms with Gasteiger partial charge in [0.1, 0.15) is 6.04 Å². The normalized spacial score (nSPS) is 21.9. The van der Waals surface area contributed by atoms with Crippen molar-refractivity contribution < 1.29 is 4.79 Å². The third kappa shape index (κ3) is 3.04. The molecular weight excluding hydrogens is 276 g/mol. The van der Waals surface area contributed by atoms with Gasteiger partial charge < -0.3 is 10.6 Å². The number of nitrogens with one attached hydrogen (secondary N) is 2. The number of rotatable bonds is 5. The van der Waals surface area contributed by atoms with Crippen LogP contribution in [-0.4, -0.2) is 28.8 Å². The van der Waals surface area contributed by atoms with Crippen LogP contribution < -0.4 is 10.6 Å². The van der Waals surface area contributed by atoms with Gasteiger partial charge in [0.25, 0.3) is 0 Å². The van der Waals surface area contributed by atoms with E-state index in [1.54, 1.807) is 17.9 Å². The molecule has 1 aliphatic carbocycles. The molecule has 0 aliphatic heterocycles. The first-order valence-electron chi connectivity index (χ1n) is 7.68. The molecule has 0 radical (unpaired) electrons. The van der Waals surface area contributed by atoms with E-state index in [-0.39, 0.29) is 18.0 Å². The molecule has 1 amide bonds. The molecule has 1 heterocycles. The summed E-state index contributed by atoms with van der Waals surface area (Å²) < 4.78 is 1.71. The van der Waals surface area contributed by atoms with Gasteiger partial charge in [0.2, 0.25) is 5.91 Å². The summed E-state index contributed by atoms with van der Waals surface area (Å²) in [7, 11) is 3.65. The second-order valence-corrected chi connectivity index (χ2v) is 5.95. The summed E-state index contributed by atoms with van der Waals surface area (Å²) in [5.74, 6) is 0.588. The zero-order valence-corrected chi connectivity index (χ0v) is 13.0. The van der Waals surface area contributed by atoms with E-state index in [4.69, 9.17) is 0 Å². The van der Waals surface area contributed by atoms with Crippen LogP contribution in [0.3, 0.4) is 0 Å². The lowest BCUT2D eigenvalue weighted by atomic mass is 9.76. The number of benzene rings is 1. The smallest absolute Gasteiger partial charge is 0.242 e. The average molecular weight is 298 g/mol. The van der Waals surface area contributed by atoms with Crippen LogP contribution in [0.5, 0.6) is 0 Å². The van der Waals surface area contributed by atoms with E-state index in [1.165, 1.54) is 5.56 Å². The minimum atomic E-state index is -0.343. The first-order valence-corrected chi connectivity index (χ1v) is 7.68. The first kappa shape index (κ1) is 14.8. The van der Waals surface area contributed by atoms with Crippen molar-refractivity contribution in [1.29, 1.82) is 0 Å². The standard InChI is InChI=1S/C17H22N4O/c1-18-16(14-10-19-21(2)11-14)17(22)20-15-8-13(9-15)12-6-4-3-5-7-12/h3-7,10-11,13,15-16,18H,8-9H2,1-2H3,(H,20,22). The Morgan fingerprint density at radius 1 is 1.32 bits per heavy atom. The van der Waals surface area contributed by atoms with E-state index >= 15 is 0 Å². The number of nitrogens with zero attached hydrogens (tertiary/aromatic N) is 2. The zero-order valence-electron chi connectivity index (χ0n) is 13.0. The van der Waals surface area contributed by atoms with Gasteiger partial charge in [0.15, 0.2) is 0 Å². The summed E-state index contributed by atoms with van der Waals surface area (Å²) in [6, 6.07) is 10.4. The van der Waals surface area contributed by atoms with Crippen LogP contribution in [0, 0.1) is 0 Å². The van der Waals surface area contributed by atoms with Crippen molar-refractivity contribution in [2.75, 3.05) is 7.05 Å². The molecule has 1 fully saturated rings. The maximum absolute atomic E-state index is 12.4. The van der Waals surface area contributed by atoms with E-state index in [0.29, 0.717) is 5.92 Å². The molecule has 1 atom stereocenters. The number of aryl methyl sites for hydroxylation is 1. The topological polar surface area (TPSA) is 59.0 Å². The van der Waals surface area contributed by atoms with Gasteiger partial charge in [0.05, 0.1) is 6.20 Å². The number of hydrogen-bond donors (Lipinski definition) is 2. The van der Waals surface area contributed by atoms with E-state index in [1.807, 2.05) is 19.3 Å². The summed E-state index contributed by atoms with van der Waals surface area (Å²) in [6.07, 6.45) is 5.63. The molecule has 5 heteroatoms. The van der Waals surface area contributed by atoms with E-state index in [9.17, 15) is 4.79 Å². The van der Waals surface area contributed by atoms with Gasteiger partial charge >= 0.3 is 0 Å². The van der Waals surface area contributed by atoms with Crippen LogP contribution >= 0.6 is 0 Å². The summed E-state index contributed by atoms with van der Waals surface area (Å²) >= 11 is 0. The second kappa shape index (κ2) is 6.32. The number of likely N-dealkylation sites (N-methyl/N-ethyl adjacent to an activating group) is 1. The Morgan fingerprint density at radius 3 is 2.64 bits per heavy atom. The van der Waals surface area contributed by atoms with Crippen molar-refractivity contribution in [3.05, 3.63) is 53.9 Å². The third-order valence-corrected chi connectivity index (χ3v) is 4.36. The predicted octanol–water partition coefficient (Wildman–Crippen LogP) is 1.74. The maximum atomic E-state index is 12.4. The van der Waals surface area contributed by atoms with Crippen LogP contribution in [0.15, 0.2) is 42.7 Å². The highest BCUT2D eigenvalue weighted by Crippen LogP contribution is 2.36. The van der Waals surface area contributed by atoms with Crippen LogP contribution in [0.1, 0.15) is 35.9 Å². The number of carbonyl (C=O) groups excluding carboxylic acids is 1. The van der Waals surface area contributed by atoms with Crippen molar-refractivity contribution in [2.45, 2.75) is 30.8 Å². The van der Waals surface area contributed by atoms with Crippen molar-refractivity contribution in [2.24, 2.45) is 7.05 Å². The molecule has 0 bridgehead atoms. The summed E-state index contributed by atoms with van der Waals surface area (Å²) in [6.45, 7) is 0. The van der Waals surface area contributed by atoms with Crippen molar-refractivity contribution in [3.8, 4) is 0 Å². The Balaban J connectivity index is 1.55. The lowest BCUT2D eigenvalue weighted by Gasteiger charge is -2.37. The molecule has 116 valence electrons. The van der Waals surface area contributed by atoms with Gasteiger partial charge in [-0.15, -0.1) is 0 Å². The summed E-state index contributed by atoms with van der Waals surface area (Å²) in [5.41, 5.74) is 2.26.